The van der Waals surface area contributed by atoms with E-state index in [1.165, 1.54) is 25.7 Å². The number of aliphatic hydroxyl groups is 1. The average Bonchev–Trinajstić information content (AvgIpc) is 2.90. The summed E-state index contributed by atoms with van der Waals surface area (Å²) >= 11 is 0. The minimum absolute atomic E-state index is 0.0711. The Labute approximate surface area is 103 Å². The van der Waals surface area contributed by atoms with Crippen LogP contribution in [0.2, 0.25) is 0 Å². The Kier molecular flexibility index (Phi) is 4.40. The maximum absolute atomic E-state index is 11.6. The van der Waals surface area contributed by atoms with Crippen LogP contribution in [-0.4, -0.2) is 48.2 Å². The molecule has 1 heterocycles. The Hall–Kier alpha value is -0.610. The fourth-order valence-corrected chi connectivity index (χ4v) is 3.00. The van der Waals surface area contributed by atoms with Gasteiger partial charge in [0.05, 0.1) is 12.1 Å². The van der Waals surface area contributed by atoms with Crippen LogP contribution in [0.25, 0.3) is 0 Å². The van der Waals surface area contributed by atoms with Crippen molar-refractivity contribution in [2.24, 2.45) is 5.92 Å². The van der Waals surface area contributed by atoms with Gasteiger partial charge in [-0.05, 0) is 18.8 Å². The SMILES string of the molecule is CN1CCC(NCC(O)CC2CCCC2)C1=O. The van der Waals surface area contributed by atoms with Gasteiger partial charge < -0.3 is 15.3 Å². The number of carbonyl (C=O) groups excluding carboxylic acids is 1. The molecule has 4 nitrogen and oxygen atoms in total. The van der Waals surface area contributed by atoms with Gasteiger partial charge in [0.2, 0.25) is 5.91 Å². The van der Waals surface area contributed by atoms with Crippen molar-refractivity contribution in [2.45, 2.75) is 50.7 Å². The molecule has 2 rings (SSSR count). The Morgan fingerprint density at radius 2 is 2.12 bits per heavy atom. The lowest BCUT2D eigenvalue weighted by atomic mass is 10.00. The third-order valence-corrected chi connectivity index (χ3v) is 4.11. The molecule has 0 aromatic heterocycles. The summed E-state index contributed by atoms with van der Waals surface area (Å²) < 4.78 is 0. The summed E-state index contributed by atoms with van der Waals surface area (Å²) in [6.45, 7) is 1.38. The lowest BCUT2D eigenvalue weighted by Crippen LogP contribution is -2.41. The zero-order chi connectivity index (χ0) is 12.3. The first-order valence-corrected chi connectivity index (χ1v) is 6.83. The topological polar surface area (TPSA) is 52.6 Å². The highest BCUT2D eigenvalue weighted by molar-refractivity contribution is 5.83. The first-order valence-electron chi connectivity index (χ1n) is 6.83. The van der Waals surface area contributed by atoms with Crippen LogP contribution in [0.5, 0.6) is 0 Å². The van der Waals surface area contributed by atoms with Gasteiger partial charge in [0.1, 0.15) is 0 Å². The van der Waals surface area contributed by atoms with Crippen molar-refractivity contribution in [3.05, 3.63) is 0 Å². The van der Waals surface area contributed by atoms with Crippen LogP contribution in [0, 0.1) is 5.92 Å². The van der Waals surface area contributed by atoms with E-state index in [-0.39, 0.29) is 18.1 Å². The second-order valence-electron chi connectivity index (χ2n) is 5.55. The van der Waals surface area contributed by atoms with Gasteiger partial charge >= 0.3 is 0 Å². The lowest BCUT2D eigenvalue weighted by Gasteiger charge is -2.18. The molecule has 0 bridgehead atoms. The molecule has 0 aromatic carbocycles. The minimum atomic E-state index is -0.295. The number of aliphatic hydroxyl groups excluding tert-OH is 1. The lowest BCUT2D eigenvalue weighted by molar-refractivity contribution is -0.128. The van der Waals surface area contributed by atoms with E-state index < -0.39 is 0 Å². The smallest absolute Gasteiger partial charge is 0.239 e. The predicted molar refractivity (Wildman–Crippen MR) is 66.6 cm³/mol. The van der Waals surface area contributed by atoms with Crippen molar-refractivity contribution in [3.63, 3.8) is 0 Å². The maximum Gasteiger partial charge on any atom is 0.239 e. The van der Waals surface area contributed by atoms with Crippen molar-refractivity contribution in [1.29, 1.82) is 0 Å². The minimum Gasteiger partial charge on any atom is -0.392 e. The Bertz CT molecular complexity index is 264. The van der Waals surface area contributed by atoms with Crippen molar-refractivity contribution in [2.75, 3.05) is 20.1 Å². The summed E-state index contributed by atoms with van der Waals surface area (Å²) in [5.41, 5.74) is 0. The molecule has 1 saturated carbocycles. The highest BCUT2D eigenvalue weighted by atomic mass is 16.3. The van der Waals surface area contributed by atoms with Crippen molar-refractivity contribution < 1.29 is 9.90 Å². The van der Waals surface area contributed by atoms with E-state index >= 15 is 0 Å². The molecule has 2 N–H and O–H groups in total. The monoisotopic (exact) mass is 240 g/mol. The number of hydrogen-bond donors (Lipinski definition) is 2. The van der Waals surface area contributed by atoms with Crippen LogP contribution < -0.4 is 5.32 Å². The van der Waals surface area contributed by atoms with Gasteiger partial charge in [0.15, 0.2) is 0 Å². The summed E-state index contributed by atoms with van der Waals surface area (Å²) in [5, 5.41) is 13.1. The number of likely N-dealkylation sites (tertiary alicyclic amines) is 1. The molecule has 98 valence electrons. The molecule has 0 spiro atoms. The number of likely N-dealkylation sites (N-methyl/N-ethyl adjacent to an activating group) is 1. The van der Waals surface area contributed by atoms with Gasteiger partial charge in [-0.25, -0.2) is 0 Å². The van der Waals surface area contributed by atoms with E-state index in [4.69, 9.17) is 0 Å². The molecule has 1 aliphatic heterocycles. The van der Waals surface area contributed by atoms with E-state index in [0.29, 0.717) is 12.5 Å². The van der Waals surface area contributed by atoms with Gasteiger partial charge in [0.25, 0.3) is 0 Å². The standard InChI is InChI=1S/C13H24N2O2/c1-15-7-6-12(13(15)17)14-9-11(16)8-10-4-2-3-5-10/h10-12,14,16H,2-9H2,1H3. The molecule has 0 aromatic rings. The Morgan fingerprint density at radius 3 is 2.71 bits per heavy atom. The molecule has 2 unspecified atom stereocenters. The van der Waals surface area contributed by atoms with Crippen molar-refractivity contribution in [1.82, 2.24) is 10.2 Å². The van der Waals surface area contributed by atoms with Gasteiger partial charge in [-0.2, -0.15) is 0 Å². The molecular weight excluding hydrogens is 216 g/mol. The molecule has 1 aliphatic carbocycles. The predicted octanol–water partition coefficient (Wildman–Crippen LogP) is 0.748. The molecule has 0 radical (unpaired) electrons. The van der Waals surface area contributed by atoms with Crippen molar-refractivity contribution >= 4 is 5.91 Å². The van der Waals surface area contributed by atoms with E-state index in [0.717, 1.165) is 19.4 Å². The third kappa shape index (κ3) is 3.42. The summed E-state index contributed by atoms with van der Waals surface area (Å²) in [6.07, 6.45) is 6.63. The maximum atomic E-state index is 11.6. The molecule has 2 aliphatic rings. The third-order valence-electron chi connectivity index (χ3n) is 4.11. The molecule has 1 amide bonds. The fourth-order valence-electron chi connectivity index (χ4n) is 3.00. The van der Waals surface area contributed by atoms with E-state index in [2.05, 4.69) is 5.32 Å². The fraction of sp³-hybridized carbons (Fsp3) is 0.923. The van der Waals surface area contributed by atoms with E-state index in [9.17, 15) is 9.90 Å². The van der Waals surface area contributed by atoms with Gasteiger partial charge in [-0.15, -0.1) is 0 Å². The van der Waals surface area contributed by atoms with Crippen LogP contribution in [0.3, 0.4) is 0 Å². The van der Waals surface area contributed by atoms with Crippen LogP contribution >= 0.6 is 0 Å². The van der Waals surface area contributed by atoms with E-state index in [1.807, 2.05) is 7.05 Å². The molecule has 2 fully saturated rings. The number of nitrogens with zero attached hydrogens (tertiary/aromatic N) is 1. The molecule has 17 heavy (non-hydrogen) atoms. The van der Waals surface area contributed by atoms with Crippen LogP contribution in [0.4, 0.5) is 0 Å². The number of amides is 1. The van der Waals surface area contributed by atoms with Crippen LogP contribution in [-0.2, 0) is 4.79 Å². The number of carbonyl (C=O) groups is 1. The largest absolute Gasteiger partial charge is 0.392 e. The summed E-state index contributed by atoms with van der Waals surface area (Å²) in [6, 6.07) is -0.0711. The Morgan fingerprint density at radius 1 is 1.41 bits per heavy atom. The highest BCUT2D eigenvalue weighted by Gasteiger charge is 2.29. The zero-order valence-corrected chi connectivity index (χ0v) is 10.7. The summed E-state index contributed by atoms with van der Waals surface area (Å²) in [5.74, 6) is 0.867. The quantitative estimate of drug-likeness (QED) is 0.745. The zero-order valence-electron chi connectivity index (χ0n) is 10.7. The van der Waals surface area contributed by atoms with Crippen molar-refractivity contribution in [3.8, 4) is 0 Å². The number of rotatable bonds is 5. The van der Waals surface area contributed by atoms with Gasteiger partial charge in [-0.3, -0.25) is 4.79 Å². The summed E-state index contributed by atoms with van der Waals surface area (Å²) in [4.78, 5) is 13.4. The highest BCUT2D eigenvalue weighted by Crippen LogP contribution is 2.28. The number of hydrogen-bond acceptors (Lipinski definition) is 3. The molecule has 4 heteroatoms. The summed E-state index contributed by atoms with van der Waals surface area (Å²) in [7, 11) is 1.83. The molecular formula is C13H24N2O2. The van der Waals surface area contributed by atoms with E-state index in [1.54, 1.807) is 4.90 Å². The number of nitrogens with one attached hydrogen (secondary N) is 1. The second-order valence-corrected chi connectivity index (χ2v) is 5.55. The van der Waals surface area contributed by atoms with Gasteiger partial charge in [-0.1, -0.05) is 25.7 Å². The van der Waals surface area contributed by atoms with Crippen LogP contribution in [0.1, 0.15) is 38.5 Å². The second kappa shape index (κ2) is 5.83. The van der Waals surface area contributed by atoms with Gasteiger partial charge in [0, 0.05) is 20.1 Å². The molecule has 1 saturated heterocycles. The van der Waals surface area contributed by atoms with Crippen LogP contribution in [0.15, 0.2) is 0 Å². The molecule has 2 atom stereocenters. The Balaban J connectivity index is 1.65. The normalized spacial score (nSPS) is 28.0. The first kappa shape index (κ1) is 12.8. The first-order chi connectivity index (χ1) is 8.16. The average molecular weight is 240 g/mol.